The molecule has 1 aliphatic heterocycles. The van der Waals surface area contributed by atoms with E-state index in [-0.39, 0.29) is 29.5 Å². The Balaban J connectivity index is 1.36. The molecule has 9 heteroatoms. The minimum Gasteiger partial charge on any atom is -0.347 e. The number of carbonyl (C=O) groups is 2. The molecule has 1 saturated heterocycles. The van der Waals surface area contributed by atoms with Crippen molar-refractivity contribution in [2.45, 2.75) is 18.5 Å². The van der Waals surface area contributed by atoms with Gasteiger partial charge in [-0.25, -0.2) is 0 Å². The van der Waals surface area contributed by atoms with Gasteiger partial charge in [0.15, 0.2) is 0 Å². The van der Waals surface area contributed by atoms with E-state index in [4.69, 9.17) is 11.6 Å². The Hall–Kier alpha value is -2.94. The van der Waals surface area contributed by atoms with Crippen LogP contribution >= 0.6 is 22.9 Å². The number of hydrogen-bond donors (Lipinski definition) is 2. The lowest BCUT2D eigenvalue weighted by molar-refractivity contribution is -0.119. The van der Waals surface area contributed by atoms with Gasteiger partial charge in [0, 0.05) is 36.2 Å². The van der Waals surface area contributed by atoms with Gasteiger partial charge in [-0.15, -0.1) is 11.3 Å². The monoisotopic (exact) mass is 456 g/mol. The second-order valence-corrected chi connectivity index (χ2v) is 9.13. The predicted molar refractivity (Wildman–Crippen MR) is 122 cm³/mol. The second kappa shape index (κ2) is 9.05. The highest BCUT2D eigenvalue weighted by atomic mass is 35.5. The van der Waals surface area contributed by atoms with Gasteiger partial charge in [0.2, 0.25) is 5.91 Å². The molecule has 1 aliphatic rings. The Bertz CT molecular complexity index is 1160. The fourth-order valence-corrected chi connectivity index (χ4v) is 4.62. The number of likely N-dealkylation sites (N-methyl/N-ethyl adjacent to an activating group) is 1. The third kappa shape index (κ3) is 4.87. The lowest BCUT2D eigenvalue weighted by Gasteiger charge is -2.18. The minimum atomic E-state index is -0.353. The zero-order valence-electron chi connectivity index (χ0n) is 16.7. The molecule has 3 aromatic rings. The Morgan fingerprint density at radius 3 is 2.55 bits per heavy atom. The summed E-state index contributed by atoms with van der Waals surface area (Å²) in [6.45, 7) is 0.582. The molecule has 2 atom stereocenters. The van der Waals surface area contributed by atoms with E-state index in [2.05, 4.69) is 10.6 Å². The van der Waals surface area contributed by atoms with Crippen LogP contribution in [0, 0.1) is 0 Å². The third-order valence-electron chi connectivity index (χ3n) is 5.22. The van der Waals surface area contributed by atoms with E-state index in [1.807, 2.05) is 11.9 Å². The van der Waals surface area contributed by atoms with Crippen molar-refractivity contribution in [2.24, 2.45) is 0 Å². The van der Waals surface area contributed by atoms with Gasteiger partial charge in [0.1, 0.15) is 0 Å². The summed E-state index contributed by atoms with van der Waals surface area (Å²) in [5.41, 5.74) is 1.25. The molecule has 2 aromatic heterocycles. The summed E-state index contributed by atoms with van der Waals surface area (Å²) in [4.78, 5) is 39.6. The zero-order valence-corrected chi connectivity index (χ0v) is 18.3. The summed E-state index contributed by atoms with van der Waals surface area (Å²) in [6, 6.07) is 15.0. The molecule has 31 heavy (non-hydrogen) atoms. The van der Waals surface area contributed by atoms with Crippen LogP contribution in [0.25, 0.3) is 5.69 Å². The average Bonchev–Trinajstić information content (AvgIpc) is 3.34. The summed E-state index contributed by atoms with van der Waals surface area (Å²) in [5.74, 6) is -0.314. The van der Waals surface area contributed by atoms with Crippen LogP contribution in [-0.2, 0) is 4.79 Å². The maximum atomic E-state index is 12.8. The lowest BCUT2D eigenvalue weighted by atomic mass is 10.1. The molecular weight excluding hydrogens is 436 g/mol. The van der Waals surface area contributed by atoms with Crippen LogP contribution in [0.3, 0.4) is 0 Å². The largest absolute Gasteiger partial charge is 0.347 e. The van der Waals surface area contributed by atoms with Crippen molar-refractivity contribution in [1.82, 2.24) is 14.8 Å². The van der Waals surface area contributed by atoms with Crippen LogP contribution in [0.4, 0.5) is 5.69 Å². The normalized spacial score (nSPS) is 18.6. The maximum absolute atomic E-state index is 12.8. The number of thiophene rings is 1. The first-order chi connectivity index (χ1) is 14.9. The standard InChI is InChI=1S/C22H21ClN4O3S/c1-26-13-15(25-22(30)18-9-10-19(23)31-18)12-17(26)21(29)24-14-5-7-16(8-6-14)27-11-3-2-4-20(27)28/h2-11,15,17H,12-13H2,1H3,(H,24,29)(H,25,30)/t15?,17-/m0/s1. The zero-order chi connectivity index (χ0) is 22.0. The molecule has 1 fully saturated rings. The van der Waals surface area contributed by atoms with E-state index < -0.39 is 0 Å². The van der Waals surface area contributed by atoms with Gasteiger partial charge in [-0.1, -0.05) is 17.7 Å². The highest BCUT2D eigenvalue weighted by Crippen LogP contribution is 2.23. The molecule has 4 rings (SSSR count). The molecule has 0 radical (unpaired) electrons. The van der Waals surface area contributed by atoms with Crippen molar-refractivity contribution in [3.05, 3.63) is 80.4 Å². The number of rotatable bonds is 5. The number of nitrogens with zero attached hydrogens (tertiary/aromatic N) is 2. The Labute approximate surface area is 188 Å². The first-order valence-electron chi connectivity index (χ1n) is 9.76. The van der Waals surface area contributed by atoms with Crippen molar-refractivity contribution in [2.75, 3.05) is 18.9 Å². The van der Waals surface area contributed by atoms with Crippen LogP contribution in [0.15, 0.2) is 65.6 Å². The highest BCUT2D eigenvalue weighted by Gasteiger charge is 2.35. The lowest BCUT2D eigenvalue weighted by Crippen LogP contribution is -2.37. The molecule has 0 spiro atoms. The number of halogens is 1. The van der Waals surface area contributed by atoms with Gasteiger partial charge < -0.3 is 10.6 Å². The smallest absolute Gasteiger partial charge is 0.261 e. The molecule has 1 aromatic carbocycles. The van der Waals surface area contributed by atoms with Crippen LogP contribution in [-0.4, -0.2) is 47.0 Å². The molecular formula is C22H21ClN4O3S. The number of hydrogen-bond acceptors (Lipinski definition) is 5. The number of amides is 2. The summed E-state index contributed by atoms with van der Waals surface area (Å²) in [6.07, 6.45) is 2.21. The van der Waals surface area contributed by atoms with Gasteiger partial charge in [0.05, 0.1) is 15.3 Å². The third-order valence-corrected chi connectivity index (χ3v) is 6.45. The van der Waals surface area contributed by atoms with E-state index in [1.165, 1.54) is 22.0 Å². The Kier molecular flexibility index (Phi) is 6.22. The first-order valence-corrected chi connectivity index (χ1v) is 11.0. The quantitative estimate of drug-likeness (QED) is 0.618. The van der Waals surface area contributed by atoms with Crippen LogP contribution in [0.2, 0.25) is 4.34 Å². The molecule has 0 bridgehead atoms. The van der Waals surface area contributed by atoms with E-state index in [0.717, 1.165) is 5.69 Å². The van der Waals surface area contributed by atoms with Crippen molar-refractivity contribution in [3.63, 3.8) is 0 Å². The molecule has 0 saturated carbocycles. The van der Waals surface area contributed by atoms with Gasteiger partial charge in [-0.2, -0.15) is 0 Å². The molecule has 1 unspecified atom stereocenters. The molecule has 0 aliphatic carbocycles. The van der Waals surface area contributed by atoms with Crippen molar-refractivity contribution >= 4 is 40.4 Å². The maximum Gasteiger partial charge on any atom is 0.261 e. The van der Waals surface area contributed by atoms with Gasteiger partial charge >= 0.3 is 0 Å². The summed E-state index contributed by atoms with van der Waals surface area (Å²) in [7, 11) is 1.86. The fraction of sp³-hybridized carbons (Fsp3) is 0.227. The number of benzene rings is 1. The van der Waals surface area contributed by atoms with Crippen LogP contribution < -0.4 is 16.2 Å². The highest BCUT2D eigenvalue weighted by molar-refractivity contribution is 7.18. The number of aromatic nitrogens is 1. The molecule has 7 nitrogen and oxygen atoms in total. The average molecular weight is 457 g/mol. The summed E-state index contributed by atoms with van der Waals surface area (Å²) in [5, 5.41) is 5.90. The van der Waals surface area contributed by atoms with E-state index in [0.29, 0.717) is 27.9 Å². The van der Waals surface area contributed by atoms with Gasteiger partial charge in [0.25, 0.3) is 11.5 Å². The van der Waals surface area contributed by atoms with Gasteiger partial charge in [-0.3, -0.25) is 23.9 Å². The van der Waals surface area contributed by atoms with Gasteiger partial charge in [-0.05, 0) is 55.9 Å². The number of carbonyl (C=O) groups excluding carboxylic acids is 2. The van der Waals surface area contributed by atoms with Crippen molar-refractivity contribution < 1.29 is 9.59 Å². The number of pyridine rings is 1. The van der Waals surface area contributed by atoms with Crippen LogP contribution in [0.5, 0.6) is 0 Å². The minimum absolute atomic E-state index is 0.121. The molecule has 3 heterocycles. The fourth-order valence-electron chi connectivity index (χ4n) is 3.68. The number of anilines is 1. The molecule has 160 valence electrons. The summed E-state index contributed by atoms with van der Waals surface area (Å²) >= 11 is 7.13. The van der Waals surface area contributed by atoms with Crippen molar-refractivity contribution in [1.29, 1.82) is 0 Å². The van der Waals surface area contributed by atoms with Crippen LogP contribution in [0.1, 0.15) is 16.1 Å². The second-order valence-electron chi connectivity index (χ2n) is 7.41. The Morgan fingerprint density at radius 2 is 1.87 bits per heavy atom. The first kappa shape index (κ1) is 21.3. The SMILES string of the molecule is CN1CC(NC(=O)c2ccc(Cl)s2)C[C@H]1C(=O)Nc1ccc(-n2ccccc2=O)cc1. The van der Waals surface area contributed by atoms with E-state index in [1.54, 1.807) is 54.7 Å². The van der Waals surface area contributed by atoms with E-state index in [9.17, 15) is 14.4 Å². The van der Waals surface area contributed by atoms with Crippen molar-refractivity contribution in [3.8, 4) is 5.69 Å². The number of likely N-dealkylation sites (tertiary alicyclic amines) is 1. The molecule has 2 amide bonds. The van der Waals surface area contributed by atoms with E-state index >= 15 is 0 Å². The topological polar surface area (TPSA) is 83.4 Å². The predicted octanol–water partition coefficient (Wildman–Crippen LogP) is 2.99. The Morgan fingerprint density at radius 1 is 1.10 bits per heavy atom. The molecule has 2 N–H and O–H groups in total. The number of nitrogens with one attached hydrogen (secondary N) is 2. The summed E-state index contributed by atoms with van der Waals surface area (Å²) < 4.78 is 2.10.